The van der Waals surface area contributed by atoms with E-state index in [0.717, 1.165) is 12.6 Å². The van der Waals surface area contributed by atoms with E-state index in [1.807, 2.05) is 7.05 Å². The van der Waals surface area contributed by atoms with Crippen LogP contribution in [-0.4, -0.2) is 62.2 Å². The molecule has 0 spiro atoms. The van der Waals surface area contributed by atoms with Gasteiger partial charge in [0.15, 0.2) is 0 Å². The molecule has 1 fully saturated rings. The Morgan fingerprint density at radius 2 is 2.14 bits per heavy atom. The molecule has 0 aromatic rings. The third kappa shape index (κ3) is 3.56. The van der Waals surface area contributed by atoms with E-state index in [0.29, 0.717) is 0 Å². The molecule has 1 heterocycles. The Morgan fingerprint density at radius 3 is 2.71 bits per heavy atom. The van der Waals surface area contributed by atoms with Crippen LogP contribution < -0.4 is 5.32 Å². The lowest BCUT2D eigenvalue weighted by molar-refractivity contribution is 0.0863. The molecule has 0 bridgehead atoms. The molecule has 0 radical (unpaired) electrons. The maximum absolute atomic E-state index is 3.20. The van der Waals surface area contributed by atoms with Gasteiger partial charge < -0.3 is 10.2 Å². The molecule has 1 N–H and O–H groups in total. The fourth-order valence-corrected chi connectivity index (χ4v) is 2.15. The second-order valence-corrected chi connectivity index (χ2v) is 4.24. The molecule has 1 aliphatic rings. The highest BCUT2D eigenvalue weighted by atomic mass is 15.3. The van der Waals surface area contributed by atoms with Gasteiger partial charge in [-0.15, -0.1) is 0 Å². The molecule has 3 heteroatoms. The van der Waals surface area contributed by atoms with Gasteiger partial charge in [0, 0.05) is 25.7 Å². The standard InChI is InChI=1S/C11H25N3/c1-4-13-8-9-14(11(2)10-13)7-5-6-12-3/h11-12H,4-10H2,1-3H3. The van der Waals surface area contributed by atoms with E-state index in [-0.39, 0.29) is 0 Å². The third-order valence-corrected chi connectivity index (χ3v) is 3.17. The monoisotopic (exact) mass is 199 g/mol. The maximum atomic E-state index is 3.20. The fourth-order valence-electron chi connectivity index (χ4n) is 2.15. The number of hydrogen-bond donors (Lipinski definition) is 1. The molecule has 0 amide bonds. The Kier molecular flexibility index (Phi) is 5.45. The maximum Gasteiger partial charge on any atom is 0.0195 e. The Hall–Kier alpha value is -0.120. The fraction of sp³-hybridized carbons (Fsp3) is 1.00. The van der Waals surface area contributed by atoms with Crippen LogP contribution in [0.15, 0.2) is 0 Å². The van der Waals surface area contributed by atoms with E-state index in [1.54, 1.807) is 0 Å². The first-order valence-electron chi connectivity index (χ1n) is 5.89. The summed E-state index contributed by atoms with van der Waals surface area (Å²) in [6.45, 7) is 11.9. The van der Waals surface area contributed by atoms with Crippen LogP contribution in [0.4, 0.5) is 0 Å². The quantitative estimate of drug-likeness (QED) is 0.655. The Morgan fingerprint density at radius 1 is 1.36 bits per heavy atom. The number of hydrogen-bond acceptors (Lipinski definition) is 3. The van der Waals surface area contributed by atoms with Crippen LogP contribution in [0.3, 0.4) is 0 Å². The minimum atomic E-state index is 0.737. The first-order valence-corrected chi connectivity index (χ1v) is 5.89. The van der Waals surface area contributed by atoms with Crippen molar-refractivity contribution in [2.24, 2.45) is 0 Å². The molecule has 3 nitrogen and oxygen atoms in total. The van der Waals surface area contributed by atoms with Crippen LogP contribution in [0, 0.1) is 0 Å². The van der Waals surface area contributed by atoms with Crippen molar-refractivity contribution in [3.05, 3.63) is 0 Å². The van der Waals surface area contributed by atoms with Gasteiger partial charge in [-0.1, -0.05) is 6.92 Å². The van der Waals surface area contributed by atoms with Crippen LogP contribution in [0.25, 0.3) is 0 Å². The number of likely N-dealkylation sites (N-methyl/N-ethyl adjacent to an activating group) is 1. The van der Waals surface area contributed by atoms with E-state index >= 15 is 0 Å². The number of rotatable bonds is 5. The summed E-state index contributed by atoms with van der Waals surface area (Å²) < 4.78 is 0. The zero-order valence-corrected chi connectivity index (χ0v) is 9.92. The van der Waals surface area contributed by atoms with Crippen LogP contribution in [0.5, 0.6) is 0 Å². The van der Waals surface area contributed by atoms with Crippen molar-refractivity contribution >= 4 is 0 Å². The highest BCUT2D eigenvalue weighted by Crippen LogP contribution is 2.08. The molecule has 0 aliphatic carbocycles. The van der Waals surface area contributed by atoms with Gasteiger partial charge in [0.05, 0.1) is 0 Å². The third-order valence-electron chi connectivity index (χ3n) is 3.17. The highest BCUT2D eigenvalue weighted by molar-refractivity contribution is 4.78. The molecule has 14 heavy (non-hydrogen) atoms. The van der Waals surface area contributed by atoms with E-state index in [2.05, 4.69) is 29.0 Å². The number of nitrogens with zero attached hydrogens (tertiary/aromatic N) is 2. The molecule has 1 unspecified atom stereocenters. The van der Waals surface area contributed by atoms with Gasteiger partial charge in [0.25, 0.3) is 0 Å². The van der Waals surface area contributed by atoms with Gasteiger partial charge in [0.1, 0.15) is 0 Å². The number of nitrogens with one attached hydrogen (secondary N) is 1. The molecule has 1 atom stereocenters. The molecule has 1 rings (SSSR count). The average molecular weight is 199 g/mol. The normalized spacial score (nSPS) is 25.5. The summed E-state index contributed by atoms with van der Waals surface area (Å²) in [7, 11) is 2.03. The second-order valence-electron chi connectivity index (χ2n) is 4.24. The van der Waals surface area contributed by atoms with Gasteiger partial charge in [-0.2, -0.15) is 0 Å². The number of piperazine rings is 1. The predicted molar refractivity (Wildman–Crippen MR) is 61.7 cm³/mol. The molecule has 84 valence electrons. The van der Waals surface area contributed by atoms with Crippen molar-refractivity contribution in [2.75, 3.05) is 46.3 Å². The van der Waals surface area contributed by atoms with Crippen molar-refractivity contribution in [2.45, 2.75) is 26.3 Å². The second kappa shape index (κ2) is 6.38. The van der Waals surface area contributed by atoms with Crippen LogP contribution in [0.2, 0.25) is 0 Å². The zero-order chi connectivity index (χ0) is 10.4. The lowest BCUT2D eigenvalue weighted by Gasteiger charge is -2.39. The lowest BCUT2D eigenvalue weighted by atomic mass is 10.2. The van der Waals surface area contributed by atoms with Gasteiger partial charge in [0.2, 0.25) is 0 Å². The molecule has 0 saturated carbocycles. The molecular formula is C11H25N3. The predicted octanol–water partition coefficient (Wildman–Crippen LogP) is 0.622. The summed E-state index contributed by atoms with van der Waals surface area (Å²) in [5.41, 5.74) is 0. The molecular weight excluding hydrogens is 174 g/mol. The smallest absolute Gasteiger partial charge is 0.0195 e. The minimum Gasteiger partial charge on any atom is -0.320 e. The van der Waals surface area contributed by atoms with E-state index in [4.69, 9.17) is 0 Å². The summed E-state index contributed by atoms with van der Waals surface area (Å²) in [4.78, 5) is 5.16. The van der Waals surface area contributed by atoms with Crippen molar-refractivity contribution in [1.82, 2.24) is 15.1 Å². The van der Waals surface area contributed by atoms with Gasteiger partial charge in [-0.05, 0) is 40.0 Å². The summed E-state index contributed by atoms with van der Waals surface area (Å²) in [6, 6.07) is 0.737. The van der Waals surface area contributed by atoms with Crippen molar-refractivity contribution in [3.8, 4) is 0 Å². The van der Waals surface area contributed by atoms with E-state index in [1.165, 1.54) is 39.1 Å². The van der Waals surface area contributed by atoms with E-state index < -0.39 is 0 Å². The topological polar surface area (TPSA) is 18.5 Å². The first-order chi connectivity index (χ1) is 6.77. The van der Waals surface area contributed by atoms with Crippen molar-refractivity contribution < 1.29 is 0 Å². The minimum absolute atomic E-state index is 0.737. The van der Waals surface area contributed by atoms with Gasteiger partial charge in [-0.3, -0.25) is 4.90 Å². The molecule has 0 aromatic heterocycles. The van der Waals surface area contributed by atoms with Crippen LogP contribution in [-0.2, 0) is 0 Å². The Balaban J connectivity index is 2.20. The van der Waals surface area contributed by atoms with Crippen LogP contribution >= 0.6 is 0 Å². The average Bonchev–Trinajstić information content (AvgIpc) is 2.20. The van der Waals surface area contributed by atoms with Gasteiger partial charge in [-0.25, -0.2) is 0 Å². The summed E-state index contributed by atoms with van der Waals surface area (Å²) in [6.07, 6.45) is 1.27. The SMILES string of the molecule is CCN1CCN(CCCNC)C(C)C1. The zero-order valence-electron chi connectivity index (χ0n) is 9.92. The Bertz CT molecular complexity index is 147. The largest absolute Gasteiger partial charge is 0.320 e. The van der Waals surface area contributed by atoms with Crippen molar-refractivity contribution in [1.29, 1.82) is 0 Å². The molecule has 1 aliphatic heterocycles. The Labute approximate surface area is 88.5 Å². The summed E-state index contributed by atoms with van der Waals surface area (Å²) >= 11 is 0. The summed E-state index contributed by atoms with van der Waals surface area (Å²) in [5.74, 6) is 0. The first kappa shape index (κ1) is 12.0. The van der Waals surface area contributed by atoms with Crippen molar-refractivity contribution in [3.63, 3.8) is 0 Å². The highest BCUT2D eigenvalue weighted by Gasteiger charge is 2.21. The van der Waals surface area contributed by atoms with E-state index in [9.17, 15) is 0 Å². The van der Waals surface area contributed by atoms with Crippen LogP contribution in [0.1, 0.15) is 20.3 Å². The lowest BCUT2D eigenvalue weighted by Crippen LogP contribution is -2.52. The summed E-state index contributed by atoms with van der Waals surface area (Å²) in [5, 5.41) is 3.20. The molecule has 1 saturated heterocycles. The van der Waals surface area contributed by atoms with Gasteiger partial charge >= 0.3 is 0 Å². The molecule has 0 aromatic carbocycles.